The Balaban J connectivity index is 1.23. The zero-order valence-electron chi connectivity index (χ0n) is 27.6. The highest BCUT2D eigenvalue weighted by atomic mass is 28.4. The molecular formula is C34H44N6O5Si. The molecule has 244 valence electrons. The van der Waals surface area contributed by atoms with Crippen LogP contribution in [-0.4, -0.2) is 65.9 Å². The van der Waals surface area contributed by atoms with Crippen LogP contribution in [0.5, 0.6) is 11.6 Å². The predicted octanol–water partition coefficient (Wildman–Crippen LogP) is 7.15. The van der Waals surface area contributed by atoms with Gasteiger partial charge in [0.2, 0.25) is 5.88 Å². The molecule has 1 N–H and O–H groups in total. The number of ether oxygens (including phenoxy) is 3. The van der Waals surface area contributed by atoms with E-state index in [0.717, 1.165) is 36.9 Å². The lowest BCUT2D eigenvalue weighted by atomic mass is 10.1. The summed E-state index contributed by atoms with van der Waals surface area (Å²) < 4.78 is 25.5. The third kappa shape index (κ3) is 7.98. The van der Waals surface area contributed by atoms with Gasteiger partial charge in [0.05, 0.1) is 30.8 Å². The van der Waals surface area contributed by atoms with E-state index in [1.807, 2.05) is 28.9 Å². The van der Waals surface area contributed by atoms with Gasteiger partial charge in [-0.15, -0.1) is 0 Å². The maximum atomic E-state index is 13.3. The Bertz CT molecular complexity index is 1630. The first-order valence-electron chi connectivity index (χ1n) is 15.8. The van der Waals surface area contributed by atoms with E-state index >= 15 is 0 Å². The van der Waals surface area contributed by atoms with E-state index in [4.69, 9.17) is 18.6 Å². The second-order valence-corrected chi connectivity index (χ2v) is 17.6. The maximum absolute atomic E-state index is 13.3. The first-order chi connectivity index (χ1) is 22.1. The molecule has 0 saturated carbocycles. The van der Waals surface area contributed by atoms with Crippen LogP contribution in [0.25, 0.3) is 22.8 Å². The van der Waals surface area contributed by atoms with E-state index < -0.39 is 8.32 Å². The molecule has 1 amide bonds. The molecule has 1 atom stereocenters. The topological polar surface area (TPSA) is 123 Å². The Morgan fingerprint density at radius 1 is 1.07 bits per heavy atom. The highest BCUT2D eigenvalue weighted by Crippen LogP contribution is 2.36. The number of methoxy groups -OCH3 is 1. The minimum absolute atomic E-state index is 0.135. The first-order valence-corrected chi connectivity index (χ1v) is 18.7. The highest BCUT2D eigenvalue weighted by molar-refractivity contribution is 6.74. The molecule has 1 fully saturated rings. The summed E-state index contributed by atoms with van der Waals surface area (Å²) in [6.45, 7) is 13.0. The van der Waals surface area contributed by atoms with Gasteiger partial charge in [-0.25, -0.2) is 14.6 Å². The quantitative estimate of drug-likeness (QED) is 0.126. The van der Waals surface area contributed by atoms with Crippen molar-refractivity contribution in [2.24, 2.45) is 0 Å². The predicted molar refractivity (Wildman–Crippen MR) is 180 cm³/mol. The maximum Gasteiger partial charge on any atom is 0.274 e. The first kappa shape index (κ1) is 33.2. The average Bonchev–Trinajstić information content (AvgIpc) is 3.55. The second kappa shape index (κ2) is 14.5. The summed E-state index contributed by atoms with van der Waals surface area (Å²) in [4.78, 5) is 27.0. The normalized spacial score (nSPS) is 15.4. The van der Waals surface area contributed by atoms with Crippen molar-refractivity contribution in [1.29, 1.82) is 0 Å². The molecule has 0 aliphatic carbocycles. The number of carbonyl (C=O) groups excluding carboxylic acids is 1. The Hall–Kier alpha value is -4.13. The smallest absolute Gasteiger partial charge is 0.274 e. The van der Waals surface area contributed by atoms with Crippen LogP contribution in [0.1, 0.15) is 63.2 Å². The van der Waals surface area contributed by atoms with Crippen LogP contribution >= 0.6 is 0 Å². The van der Waals surface area contributed by atoms with Gasteiger partial charge >= 0.3 is 0 Å². The molecule has 12 heteroatoms. The lowest BCUT2D eigenvalue weighted by Gasteiger charge is -2.36. The molecular weight excluding hydrogens is 600 g/mol. The molecule has 11 nitrogen and oxygen atoms in total. The number of aromatic nitrogens is 5. The molecule has 1 unspecified atom stereocenters. The third-order valence-corrected chi connectivity index (χ3v) is 13.0. The number of benzene rings is 1. The van der Waals surface area contributed by atoms with Gasteiger partial charge in [-0.2, -0.15) is 10.1 Å². The summed E-state index contributed by atoms with van der Waals surface area (Å²) in [5.41, 5.74) is 2.93. The Labute approximate surface area is 271 Å². The van der Waals surface area contributed by atoms with Gasteiger partial charge < -0.3 is 24.0 Å². The average molecular weight is 645 g/mol. The molecule has 5 rings (SSSR count). The molecule has 0 radical (unpaired) electrons. The number of hydrogen-bond donors (Lipinski definition) is 1. The molecule has 3 aromatic heterocycles. The molecule has 1 aliphatic heterocycles. The summed E-state index contributed by atoms with van der Waals surface area (Å²) in [6.07, 6.45) is 7.05. The van der Waals surface area contributed by atoms with Crippen LogP contribution in [0, 0.1) is 0 Å². The van der Waals surface area contributed by atoms with Crippen LogP contribution in [0.3, 0.4) is 0 Å². The lowest BCUT2D eigenvalue weighted by molar-refractivity contribution is -0.0384. The number of amides is 1. The Morgan fingerprint density at radius 3 is 2.67 bits per heavy atom. The van der Waals surface area contributed by atoms with E-state index in [-0.39, 0.29) is 22.9 Å². The SMILES string of the molecule is COc1cc(-c2nccc(OCCCO[Si](C)(C)C(C)(C)C)n2)ccc1NC(=O)c1cccc(-c2ccnn2C2CCCCO2)n1. The monoisotopic (exact) mass is 644 g/mol. The number of nitrogens with one attached hydrogen (secondary N) is 1. The zero-order chi connectivity index (χ0) is 32.7. The molecule has 1 aliphatic rings. The number of nitrogens with zero attached hydrogens (tertiary/aromatic N) is 5. The Morgan fingerprint density at radius 2 is 1.91 bits per heavy atom. The van der Waals surface area contributed by atoms with Gasteiger partial charge in [0.25, 0.3) is 5.91 Å². The third-order valence-electron chi connectivity index (χ3n) is 8.49. The highest BCUT2D eigenvalue weighted by Gasteiger charge is 2.36. The number of rotatable bonds is 12. The van der Waals surface area contributed by atoms with E-state index in [1.54, 1.807) is 43.8 Å². The minimum Gasteiger partial charge on any atom is -0.495 e. The molecule has 1 aromatic carbocycles. The van der Waals surface area contributed by atoms with Gasteiger partial charge in [-0.3, -0.25) is 4.79 Å². The van der Waals surface area contributed by atoms with Crippen molar-refractivity contribution in [3.63, 3.8) is 0 Å². The number of anilines is 1. The van der Waals surface area contributed by atoms with Gasteiger partial charge in [0.15, 0.2) is 20.4 Å². The van der Waals surface area contributed by atoms with E-state index in [0.29, 0.717) is 48.7 Å². The fourth-order valence-corrected chi connectivity index (χ4v) is 5.92. The molecule has 4 aromatic rings. The number of hydrogen-bond acceptors (Lipinski definition) is 9. The molecule has 46 heavy (non-hydrogen) atoms. The van der Waals surface area contributed by atoms with E-state index in [2.05, 4.69) is 59.2 Å². The van der Waals surface area contributed by atoms with Gasteiger partial charge in [-0.05, 0) is 73.8 Å². The van der Waals surface area contributed by atoms with Crippen molar-refractivity contribution in [2.45, 2.75) is 70.8 Å². The van der Waals surface area contributed by atoms with Crippen molar-refractivity contribution < 1.29 is 23.4 Å². The van der Waals surface area contributed by atoms with Gasteiger partial charge in [-0.1, -0.05) is 26.8 Å². The van der Waals surface area contributed by atoms with Crippen LogP contribution in [0.4, 0.5) is 5.69 Å². The van der Waals surface area contributed by atoms with Crippen LogP contribution < -0.4 is 14.8 Å². The van der Waals surface area contributed by atoms with Crippen LogP contribution in [0.15, 0.2) is 60.9 Å². The number of pyridine rings is 1. The Kier molecular flexibility index (Phi) is 10.5. The van der Waals surface area contributed by atoms with E-state index in [1.165, 1.54) is 0 Å². The largest absolute Gasteiger partial charge is 0.495 e. The number of carbonyl (C=O) groups is 1. The summed E-state index contributed by atoms with van der Waals surface area (Å²) in [5, 5.41) is 7.57. The molecule has 4 heterocycles. The fraction of sp³-hybridized carbons (Fsp3) is 0.441. The van der Waals surface area contributed by atoms with Crippen molar-refractivity contribution >= 4 is 19.9 Å². The standard InChI is InChI=1S/C34H44N6O5Si/c1-34(2,3)46(5,6)45-22-10-21-43-30-17-18-35-32(39-30)24-14-15-26(29(23-24)42-4)38-33(41)27-12-9-11-25(37-27)28-16-19-36-40(28)31-13-7-8-20-44-31/h9,11-12,14-19,23,31H,7-8,10,13,20-22H2,1-6H3,(H,38,41). The second-order valence-electron chi connectivity index (χ2n) is 12.8. The van der Waals surface area contributed by atoms with Gasteiger partial charge in [0.1, 0.15) is 11.4 Å². The van der Waals surface area contributed by atoms with Crippen molar-refractivity contribution in [1.82, 2.24) is 24.7 Å². The molecule has 1 saturated heterocycles. The van der Waals surface area contributed by atoms with Crippen molar-refractivity contribution in [2.75, 3.05) is 32.2 Å². The minimum atomic E-state index is -1.78. The summed E-state index contributed by atoms with van der Waals surface area (Å²) in [6, 6.07) is 14.4. The van der Waals surface area contributed by atoms with Crippen LogP contribution in [-0.2, 0) is 9.16 Å². The van der Waals surface area contributed by atoms with E-state index in [9.17, 15) is 4.79 Å². The zero-order valence-corrected chi connectivity index (χ0v) is 28.6. The fourth-order valence-electron chi connectivity index (χ4n) is 4.83. The van der Waals surface area contributed by atoms with Crippen LogP contribution in [0.2, 0.25) is 18.1 Å². The lowest BCUT2D eigenvalue weighted by Crippen LogP contribution is -2.41. The van der Waals surface area contributed by atoms with Gasteiger partial charge in [0, 0.05) is 43.7 Å². The summed E-state index contributed by atoms with van der Waals surface area (Å²) >= 11 is 0. The summed E-state index contributed by atoms with van der Waals surface area (Å²) in [5.74, 6) is 1.07. The van der Waals surface area contributed by atoms with Crippen molar-refractivity contribution in [3.05, 3.63) is 66.6 Å². The molecule has 0 bridgehead atoms. The van der Waals surface area contributed by atoms with Crippen molar-refractivity contribution in [3.8, 4) is 34.4 Å². The molecule has 0 spiro atoms. The summed E-state index contributed by atoms with van der Waals surface area (Å²) in [7, 11) is -0.233.